The molecule has 3 aliphatic carbocycles. The van der Waals surface area contributed by atoms with Crippen LogP contribution >= 0.6 is 0 Å². The van der Waals surface area contributed by atoms with Crippen molar-refractivity contribution in [3.05, 3.63) is 53.5 Å². The lowest BCUT2D eigenvalue weighted by Gasteiger charge is -2.63. The minimum absolute atomic E-state index is 0.00846. The molecule has 4 rings (SSSR count). The standard InChI is InChI=1S/C25H35NO4S/c1-25(2)20-17-22(25)21(13-9-4-5-10-14-24(27)28)23(18-20)26(3)31(29,30)16-15-19-11-7-6-8-12-19/h4,6-9,11-12,15-16,20-23H,5,10,13-14,17-18H2,1-3H3,(H,27,28)/b9-4-,16-15?. The molecule has 0 amide bonds. The molecule has 1 aromatic rings. The summed E-state index contributed by atoms with van der Waals surface area (Å²) < 4.78 is 27.7. The highest BCUT2D eigenvalue weighted by atomic mass is 32.2. The average molecular weight is 446 g/mol. The van der Waals surface area contributed by atoms with Gasteiger partial charge in [-0.15, -0.1) is 0 Å². The number of sulfonamides is 1. The summed E-state index contributed by atoms with van der Waals surface area (Å²) in [4.78, 5) is 10.7. The Morgan fingerprint density at radius 2 is 1.90 bits per heavy atom. The molecule has 2 bridgehead atoms. The highest BCUT2D eigenvalue weighted by Gasteiger charge is 2.58. The van der Waals surface area contributed by atoms with E-state index >= 15 is 0 Å². The van der Waals surface area contributed by atoms with E-state index in [0.29, 0.717) is 18.3 Å². The fourth-order valence-electron chi connectivity index (χ4n) is 5.41. The summed E-state index contributed by atoms with van der Waals surface area (Å²) in [6.45, 7) is 4.63. The van der Waals surface area contributed by atoms with Crippen LogP contribution in [-0.2, 0) is 14.8 Å². The molecule has 6 heteroatoms. The largest absolute Gasteiger partial charge is 0.481 e. The molecule has 4 atom stereocenters. The molecule has 0 aromatic heterocycles. The van der Waals surface area contributed by atoms with Crippen molar-refractivity contribution in [1.29, 1.82) is 0 Å². The third-order valence-electron chi connectivity index (χ3n) is 7.52. The molecule has 0 heterocycles. The van der Waals surface area contributed by atoms with Gasteiger partial charge in [0.25, 0.3) is 0 Å². The molecule has 0 aliphatic heterocycles. The lowest BCUT2D eigenvalue weighted by Crippen LogP contribution is -2.61. The van der Waals surface area contributed by atoms with Crippen LogP contribution in [0.5, 0.6) is 0 Å². The third kappa shape index (κ3) is 5.47. The van der Waals surface area contributed by atoms with Gasteiger partial charge in [-0.25, -0.2) is 8.42 Å². The van der Waals surface area contributed by atoms with Crippen LogP contribution in [0.25, 0.3) is 6.08 Å². The summed E-state index contributed by atoms with van der Waals surface area (Å²) in [5, 5.41) is 10.1. The summed E-state index contributed by atoms with van der Waals surface area (Å²) in [5.74, 6) is 0.587. The molecule has 3 fully saturated rings. The van der Waals surface area contributed by atoms with Gasteiger partial charge in [0.15, 0.2) is 0 Å². The number of carboxylic acid groups (broad SMARTS) is 1. The number of hydrogen-bond acceptors (Lipinski definition) is 3. The Bertz CT molecular complexity index is 920. The number of carboxylic acids is 1. The molecule has 0 spiro atoms. The van der Waals surface area contributed by atoms with Crippen LogP contribution in [0.1, 0.15) is 57.9 Å². The molecule has 0 radical (unpaired) electrons. The number of hydrogen-bond donors (Lipinski definition) is 1. The maximum absolute atomic E-state index is 13.1. The first-order valence-electron chi connectivity index (χ1n) is 11.2. The predicted octanol–water partition coefficient (Wildman–Crippen LogP) is 5.17. The van der Waals surface area contributed by atoms with Gasteiger partial charge in [0.1, 0.15) is 0 Å². The molecule has 31 heavy (non-hydrogen) atoms. The van der Waals surface area contributed by atoms with Crippen molar-refractivity contribution >= 4 is 22.1 Å². The zero-order chi connectivity index (χ0) is 22.6. The summed E-state index contributed by atoms with van der Waals surface area (Å²) in [6, 6.07) is 9.47. The molecular weight excluding hydrogens is 410 g/mol. The smallest absolute Gasteiger partial charge is 0.303 e. The van der Waals surface area contributed by atoms with E-state index in [0.717, 1.165) is 24.8 Å². The second-order valence-corrected chi connectivity index (χ2v) is 11.5. The van der Waals surface area contributed by atoms with Crippen molar-refractivity contribution < 1.29 is 18.3 Å². The van der Waals surface area contributed by atoms with E-state index in [2.05, 4.69) is 26.0 Å². The Labute approximate surface area is 186 Å². The van der Waals surface area contributed by atoms with E-state index in [1.54, 1.807) is 17.4 Å². The van der Waals surface area contributed by atoms with Gasteiger partial charge in [-0.3, -0.25) is 4.79 Å². The topological polar surface area (TPSA) is 74.7 Å². The van der Waals surface area contributed by atoms with E-state index in [1.807, 2.05) is 30.3 Å². The van der Waals surface area contributed by atoms with Gasteiger partial charge in [-0.1, -0.05) is 56.3 Å². The van der Waals surface area contributed by atoms with Crippen LogP contribution in [0.3, 0.4) is 0 Å². The molecule has 5 nitrogen and oxygen atoms in total. The van der Waals surface area contributed by atoms with Gasteiger partial charge in [-0.05, 0) is 66.9 Å². The average Bonchev–Trinajstić information content (AvgIpc) is 2.74. The molecule has 1 aromatic carbocycles. The van der Waals surface area contributed by atoms with Crippen molar-refractivity contribution in [1.82, 2.24) is 4.31 Å². The Morgan fingerprint density at radius 1 is 1.19 bits per heavy atom. The van der Waals surface area contributed by atoms with Crippen LogP contribution in [0, 0.1) is 23.2 Å². The zero-order valence-electron chi connectivity index (χ0n) is 18.8. The number of fused-ring (bicyclic) bond motifs is 2. The van der Waals surface area contributed by atoms with Gasteiger partial charge >= 0.3 is 5.97 Å². The molecule has 3 saturated carbocycles. The third-order valence-corrected chi connectivity index (χ3v) is 9.07. The summed E-state index contributed by atoms with van der Waals surface area (Å²) in [6.07, 6.45) is 10.3. The summed E-state index contributed by atoms with van der Waals surface area (Å²) >= 11 is 0. The monoisotopic (exact) mass is 445 g/mol. The second kappa shape index (κ2) is 9.70. The minimum Gasteiger partial charge on any atom is -0.481 e. The predicted molar refractivity (Wildman–Crippen MR) is 125 cm³/mol. The van der Waals surface area contributed by atoms with Crippen molar-refractivity contribution in [3.63, 3.8) is 0 Å². The Morgan fingerprint density at radius 3 is 2.55 bits per heavy atom. The van der Waals surface area contributed by atoms with Crippen molar-refractivity contribution in [2.24, 2.45) is 23.2 Å². The van der Waals surface area contributed by atoms with Crippen molar-refractivity contribution in [2.75, 3.05) is 7.05 Å². The van der Waals surface area contributed by atoms with Gasteiger partial charge in [0.2, 0.25) is 10.0 Å². The van der Waals surface area contributed by atoms with E-state index in [-0.39, 0.29) is 23.8 Å². The molecule has 3 aliphatic rings. The highest BCUT2D eigenvalue weighted by molar-refractivity contribution is 7.92. The van der Waals surface area contributed by atoms with Crippen LogP contribution in [0.15, 0.2) is 47.9 Å². The molecule has 4 unspecified atom stereocenters. The van der Waals surface area contributed by atoms with E-state index < -0.39 is 16.0 Å². The number of aliphatic carboxylic acids is 1. The van der Waals surface area contributed by atoms with Crippen LogP contribution in [0.4, 0.5) is 0 Å². The number of rotatable bonds is 10. The lowest BCUT2D eigenvalue weighted by molar-refractivity contribution is -0.137. The van der Waals surface area contributed by atoms with E-state index in [9.17, 15) is 13.2 Å². The SMILES string of the molecule is CN(C1CC2CC(C1C/C=C\CCCC(=O)O)C2(C)C)S(=O)(=O)C=Cc1ccccc1. The minimum atomic E-state index is -3.52. The van der Waals surface area contributed by atoms with E-state index in [1.165, 1.54) is 11.8 Å². The maximum atomic E-state index is 13.1. The first kappa shape index (κ1) is 23.7. The van der Waals surface area contributed by atoms with Gasteiger partial charge in [-0.2, -0.15) is 4.31 Å². The fourth-order valence-corrected chi connectivity index (χ4v) is 6.55. The number of carbonyl (C=O) groups is 1. The number of nitrogens with zero attached hydrogens (tertiary/aromatic N) is 1. The quantitative estimate of drug-likeness (QED) is 0.398. The van der Waals surface area contributed by atoms with Gasteiger partial charge in [0, 0.05) is 24.9 Å². The Kier molecular flexibility index (Phi) is 7.43. The van der Waals surface area contributed by atoms with Gasteiger partial charge in [0.05, 0.1) is 0 Å². The molecule has 170 valence electrons. The number of unbranched alkanes of at least 4 members (excludes halogenated alkanes) is 1. The first-order chi connectivity index (χ1) is 14.6. The Hall–Kier alpha value is -1.92. The normalized spacial score (nSPS) is 27.6. The van der Waals surface area contributed by atoms with Crippen molar-refractivity contribution in [2.45, 2.75) is 58.4 Å². The lowest BCUT2D eigenvalue weighted by atomic mass is 9.44. The number of allylic oxidation sites excluding steroid dienone is 2. The fraction of sp³-hybridized carbons (Fsp3) is 0.560. The van der Waals surface area contributed by atoms with Crippen LogP contribution in [0.2, 0.25) is 0 Å². The zero-order valence-corrected chi connectivity index (χ0v) is 19.6. The molecule has 0 saturated heterocycles. The highest BCUT2D eigenvalue weighted by Crippen LogP contribution is 2.63. The van der Waals surface area contributed by atoms with Crippen LogP contribution < -0.4 is 0 Å². The second-order valence-electron chi connectivity index (χ2n) is 9.60. The Balaban J connectivity index is 1.70. The first-order valence-corrected chi connectivity index (χ1v) is 12.7. The molecular formula is C25H35NO4S. The van der Waals surface area contributed by atoms with Crippen molar-refractivity contribution in [3.8, 4) is 0 Å². The van der Waals surface area contributed by atoms with E-state index in [4.69, 9.17) is 5.11 Å². The summed E-state index contributed by atoms with van der Waals surface area (Å²) in [7, 11) is -1.80. The van der Waals surface area contributed by atoms with Crippen LogP contribution in [-0.4, -0.2) is 36.9 Å². The number of benzene rings is 1. The maximum Gasteiger partial charge on any atom is 0.303 e. The van der Waals surface area contributed by atoms with Gasteiger partial charge < -0.3 is 5.11 Å². The molecule has 1 N–H and O–H groups in total. The summed E-state index contributed by atoms with van der Waals surface area (Å²) in [5.41, 5.74) is 1.12.